The molecule has 0 aliphatic carbocycles. The molecule has 0 bridgehead atoms. The highest BCUT2D eigenvalue weighted by atomic mass is 32.2. The van der Waals surface area contributed by atoms with Gasteiger partial charge >= 0.3 is 0 Å². The zero-order valence-electron chi connectivity index (χ0n) is 11.1. The van der Waals surface area contributed by atoms with Crippen LogP contribution in [0.5, 0.6) is 0 Å². The summed E-state index contributed by atoms with van der Waals surface area (Å²) in [6.45, 7) is 1.53. The molecule has 2 aromatic carbocycles. The van der Waals surface area contributed by atoms with Gasteiger partial charge < -0.3 is 5.32 Å². The van der Waals surface area contributed by atoms with Crippen molar-refractivity contribution in [3.05, 3.63) is 59.4 Å². The first-order valence-corrected chi connectivity index (χ1v) is 7.53. The summed E-state index contributed by atoms with van der Waals surface area (Å²) in [6, 6.07) is 9.55. The SMILES string of the molecule is Cc1c(NC(=O)c2cccc(F)c2)cccc1S(N)(=O)=O. The second-order valence-corrected chi connectivity index (χ2v) is 5.97. The van der Waals surface area contributed by atoms with Gasteiger partial charge in [0.15, 0.2) is 0 Å². The topological polar surface area (TPSA) is 89.3 Å². The zero-order chi connectivity index (χ0) is 15.6. The van der Waals surface area contributed by atoms with Crippen LogP contribution < -0.4 is 10.5 Å². The molecule has 1 amide bonds. The number of primary sulfonamides is 1. The van der Waals surface area contributed by atoms with Gasteiger partial charge in [0, 0.05) is 11.3 Å². The van der Waals surface area contributed by atoms with Crippen molar-refractivity contribution in [3.63, 3.8) is 0 Å². The number of carbonyl (C=O) groups excluding carboxylic acids is 1. The van der Waals surface area contributed by atoms with E-state index >= 15 is 0 Å². The third-order valence-electron chi connectivity index (χ3n) is 2.93. The normalized spacial score (nSPS) is 11.2. The van der Waals surface area contributed by atoms with Gasteiger partial charge in [-0.05, 0) is 42.8 Å². The molecular weight excluding hydrogens is 295 g/mol. The molecule has 0 aliphatic heterocycles. The Kier molecular flexibility index (Phi) is 4.06. The Morgan fingerprint density at radius 1 is 1.19 bits per heavy atom. The Labute approximate surface area is 121 Å². The minimum atomic E-state index is -3.87. The monoisotopic (exact) mass is 308 g/mol. The minimum Gasteiger partial charge on any atom is -0.322 e. The van der Waals surface area contributed by atoms with Gasteiger partial charge in [-0.15, -0.1) is 0 Å². The number of amides is 1. The lowest BCUT2D eigenvalue weighted by atomic mass is 10.1. The maximum Gasteiger partial charge on any atom is 0.255 e. The van der Waals surface area contributed by atoms with Gasteiger partial charge in [-0.25, -0.2) is 17.9 Å². The van der Waals surface area contributed by atoms with E-state index in [1.54, 1.807) is 6.07 Å². The second-order valence-electron chi connectivity index (χ2n) is 4.44. The number of hydrogen-bond acceptors (Lipinski definition) is 3. The van der Waals surface area contributed by atoms with Gasteiger partial charge in [0.25, 0.3) is 5.91 Å². The number of nitrogens with one attached hydrogen (secondary N) is 1. The Hall–Kier alpha value is -2.25. The van der Waals surface area contributed by atoms with Gasteiger partial charge in [0.05, 0.1) is 4.90 Å². The number of nitrogens with two attached hydrogens (primary N) is 1. The number of anilines is 1. The molecule has 0 saturated carbocycles. The molecule has 0 aromatic heterocycles. The number of rotatable bonds is 3. The standard InChI is InChI=1S/C14H13FN2O3S/c1-9-12(6-3-7-13(9)21(16,19)20)17-14(18)10-4-2-5-11(15)8-10/h2-8H,1H3,(H,17,18)(H2,16,19,20). The molecule has 7 heteroatoms. The molecule has 0 atom stereocenters. The molecular formula is C14H13FN2O3S. The summed E-state index contributed by atoms with van der Waals surface area (Å²) < 4.78 is 35.9. The largest absolute Gasteiger partial charge is 0.322 e. The summed E-state index contributed by atoms with van der Waals surface area (Å²) >= 11 is 0. The lowest BCUT2D eigenvalue weighted by Gasteiger charge is -2.11. The van der Waals surface area contributed by atoms with Crippen molar-refractivity contribution in [2.24, 2.45) is 5.14 Å². The maximum atomic E-state index is 13.1. The molecule has 3 N–H and O–H groups in total. The maximum absolute atomic E-state index is 13.1. The highest BCUT2D eigenvalue weighted by molar-refractivity contribution is 7.89. The number of sulfonamides is 1. The number of benzene rings is 2. The summed E-state index contributed by atoms with van der Waals surface area (Å²) in [5.74, 6) is -1.07. The van der Waals surface area contributed by atoms with Gasteiger partial charge in [0.2, 0.25) is 10.0 Å². The van der Waals surface area contributed by atoms with Crippen LogP contribution in [0.1, 0.15) is 15.9 Å². The van der Waals surface area contributed by atoms with Crippen LogP contribution in [-0.2, 0) is 10.0 Å². The molecule has 0 fully saturated rings. The van der Waals surface area contributed by atoms with Gasteiger partial charge in [-0.1, -0.05) is 12.1 Å². The van der Waals surface area contributed by atoms with Crippen molar-refractivity contribution in [1.29, 1.82) is 0 Å². The van der Waals surface area contributed by atoms with Crippen LogP contribution in [0.3, 0.4) is 0 Å². The summed E-state index contributed by atoms with van der Waals surface area (Å²) in [7, 11) is -3.87. The van der Waals surface area contributed by atoms with E-state index in [4.69, 9.17) is 5.14 Å². The smallest absolute Gasteiger partial charge is 0.255 e. The molecule has 0 heterocycles. The van der Waals surface area contributed by atoms with Crippen LogP contribution in [0.2, 0.25) is 0 Å². The molecule has 0 saturated heterocycles. The fraction of sp³-hybridized carbons (Fsp3) is 0.0714. The average Bonchev–Trinajstić information content (AvgIpc) is 2.39. The predicted molar refractivity (Wildman–Crippen MR) is 76.9 cm³/mol. The van der Waals surface area contributed by atoms with E-state index in [1.165, 1.54) is 37.3 Å². The van der Waals surface area contributed by atoms with Crippen LogP contribution in [0.4, 0.5) is 10.1 Å². The first-order chi connectivity index (χ1) is 9.79. The van der Waals surface area contributed by atoms with Crippen LogP contribution in [-0.4, -0.2) is 14.3 Å². The Morgan fingerprint density at radius 2 is 1.86 bits per heavy atom. The van der Waals surface area contributed by atoms with Crippen molar-refractivity contribution in [2.75, 3.05) is 5.32 Å². The number of halogens is 1. The van der Waals surface area contributed by atoms with E-state index in [1.807, 2.05) is 0 Å². The summed E-state index contributed by atoms with van der Waals surface area (Å²) in [5.41, 5.74) is 0.760. The summed E-state index contributed by atoms with van der Waals surface area (Å²) in [6.07, 6.45) is 0. The molecule has 21 heavy (non-hydrogen) atoms. The quantitative estimate of drug-likeness (QED) is 0.909. The van der Waals surface area contributed by atoms with Crippen LogP contribution >= 0.6 is 0 Å². The molecule has 5 nitrogen and oxygen atoms in total. The fourth-order valence-electron chi connectivity index (χ4n) is 1.88. The van der Waals surface area contributed by atoms with Gasteiger partial charge in [-0.3, -0.25) is 4.79 Å². The number of hydrogen-bond donors (Lipinski definition) is 2. The zero-order valence-corrected chi connectivity index (χ0v) is 11.9. The lowest BCUT2D eigenvalue weighted by molar-refractivity contribution is 0.102. The van der Waals surface area contributed by atoms with Crippen molar-refractivity contribution >= 4 is 21.6 Å². The third-order valence-corrected chi connectivity index (χ3v) is 3.98. The lowest BCUT2D eigenvalue weighted by Crippen LogP contribution is -2.17. The Bertz CT molecular complexity index is 804. The van der Waals surface area contributed by atoms with Crippen molar-refractivity contribution in [3.8, 4) is 0 Å². The molecule has 2 aromatic rings. The Balaban J connectivity index is 2.35. The van der Waals surface area contributed by atoms with Crippen LogP contribution in [0.25, 0.3) is 0 Å². The average molecular weight is 308 g/mol. The summed E-state index contributed by atoms with van der Waals surface area (Å²) in [4.78, 5) is 12.0. The molecule has 0 radical (unpaired) electrons. The molecule has 2 rings (SSSR count). The first-order valence-electron chi connectivity index (χ1n) is 5.98. The van der Waals surface area contributed by atoms with E-state index in [-0.39, 0.29) is 10.5 Å². The van der Waals surface area contributed by atoms with E-state index in [9.17, 15) is 17.6 Å². The van der Waals surface area contributed by atoms with E-state index in [2.05, 4.69) is 5.32 Å². The number of carbonyl (C=O) groups is 1. The minimum absolute atomic E-state index is 0.0699. The highest BCUT2D eigenvalue weighted by Crippen LogP contribution is 2.22. The van der Waals surface area contributed by atoms with E-state index in [0.29, 0.717) is 11.3 Å². The molecule has 0 spiro atoms. The molecule has 0 unspecified atom stereocenters. The predicted octanol–water partition coefficient (Wildman–Crippen LogP) is 2.03. The first kappa shape index (κ1) is 15.1. The van der Waals surface area contributed by atoms with Crippen molar-refractivity contribution < 1.29 is 17.6 Å². The third kappa shape index (κ3) is 3.45. The van der Waals surface area contributed by atoms with E-state index < -0.39 is 21.7 Å². The van der Waals surface area contributed by atoms with Crippen molar-refractivity contribution in [1.82, 2.24) is 0 Å². The molecule has 110 valence electrons. The van der Waals surface area contributed by atoms with Gasteiger partial charge in [0.1, 0.15) is 5.82 Å². The summed E-state index contributed by atoms with van der Waals surface area (Å²) in [5, 5.41) is 7.64. The second kappa shape index (κ2) is 5.63. The highest BCUT2D eigenvalue weighted by Gasteiger charge is 2.15. The fourth-order valence-corrected chi connectivity index (χ4v) is 2.69. The van der Waals surface area contributed by atoms with Crippen LogP contribution in [0.15, 0.2) is 47.4 Å². The van der Waals surface area contributed by atoms with Crippen molar-refractivity contribution in [2.45, 2.75) is 11.8 Å². The van der Waals surface area contributed by atoms with E-state index in [0.717, 1.165) is 6.07 Å². The van der Waals surface area contributed by atoms with Crippen LogP contribution in [0, 0.1) is 12.7 Å². The Morgan fingerprint density at radius 3 is 2.48 bits per heavy atom. The van der Waals surface area contributed by atoms with Gasteiger partial charge in [-0.2, -0.15) is 0 Å². The molecule has 0 aliphatic rings.